The molecule has 1 amide bonds. The van der Waals surface area contributed by atoms with Gasteiger partial charge < -0.3 is 9.30 Å². The fraction of sp³-hybridized carbons (Fsp3) is 0.364. The Balaban J connectivity index is 1.66. The van der Waals surface area contributed by atoms with E-state index in [0.717, 1.165) is 15.8 Å². The second-order valence-electron chi connectivity index (χ2n) is 6.89. The SMILES string of the molecule is CCOCCn1c(=NC(=O)CCCS(=O)(=O)Cc2ccccc2)sc2ccccc21. The number of aromatic nitrogens is 1. The molecule has 0 bridgehead atoms. The number of amides is 1. The first-order chi connectivity index (χ1) is 14.5. The van der Waals surface area contributed by atoms with Gasteiger partial charge in [0.25, 0.3) is 0 Å². The number of para-hydroxylation sites is 1. The molecule has 8 heteroatoms. The first-order valence-corrected chi connectivity index (χ1v) is 12.6. The van der Waals surface area contributed by atoms with Crippen molar-refractivity contribution in [2.45, 2.75) is 32.1 Å². The molecule has 0 aliphatic rings. The number of ether oxygens (including phenoxy) is 1. The maximum atomic E-state index is 12.4. The zero-order chi connectivity index (χ0) is 21.4. The summed E-state index contributed by atoms with van der Waals surface area (Å²) < 4.78 is 33.1. The standard InChI is InChI=1S/C22H26N2O4S2/c1-2-28-15-14-24-19-11-6-7-12-20(19)29-22(24)23-21(25)13-8-16-30(26,27)17-18-9-4-3-5-10-18/h3-7,9-12H,2,8,13-17H2,1H3. The molecular formula is C22H26N2O4S2. The summed E-state index contributed by atoms with van der Waals surface area (Å²) in [6.45, 7) is 3.72. The summed E-state index contributed by atoms with van der Waals surface area (Å²) in [4.78, 5) is 17.3. The third kappa shape index (κ3) is 6.35. The molecule has 0 radical (unpaired) electrons. The molecule has 1 aromatic heterocycles. The van der Waals surface area contributed by atoms with E-state index in [2.05, 4.69) is 4.99 Å². The van der Waals surface area contributed by atoms with Crippen LogP contribution in [0.15, 0.2) is 59.6 Å². The molecule has 0 N–H and O–H groups in total. The van der Waals surface area contributed by atoms with Crippen LogP contribution in [0.5, 0.6) is 0 Å². The molecular weight excluding hydrogens is 420 g/mol. The summed E-state index contributed by atoms with van der Waals surface area (Å²) in [7, 11) is -3.26. The topological polar surface area (TPSA) is 77.7 Å². The monoisotopic (exact) mass is 446 g/mol. The van der Waals surface area contributed by atoms with Crippen molar-refractivity contribution in [2.24, 2.45) is 4.99 Å². The number of hydrogen-bond donors (Lipinski definition) is 0. The molecule has 0 unspecified atom stereocenters. The van der Waals surface area contributed by atoms with E-state index in [4.69, 9.17) is 4.74 Å². The lowest BCUT2D eigenvalue weighted by Crippen LogP contribution is -2.20. The van der Waals surface area contributed by atoms with Gasteiger partial charge in [0.15, 0.2) is 14.6 Å². The van der Waals surface area contributed by atoms with E-state index in [1.807, 2.05) is 54.0 Å². The van der Waals surface area contributed by atoms with E-state index in [0.29, 0.717) is 24.6 Å². The van der Waals surface area contributed by atoms with Gasteiger partial charge in [0.1, 0.15) is 0 Å². The molecule has 6 nitrogen and oxygen atoms in total. The summed E-state index contributed by atoms with van der Waals surface area (Å²) in [6, 6.07) is 17.0. The Bertz CT molecular complexity index is 1150. The highest BCUT2D eigenvalue weighted by Crippen LogP contribution is 2.16. The lowest BCUT2D eigenvalue weighted by atomic mass is 10.2. The summed E-state index contributed by atoms with van der Waals surface area (Å²) in [5.74, 6) is -0.339. The van der Waals surface area contributed by atoms with Crippen molar-refractivity contribution < 1.29 is 17.9 Å². The van der Waals surface area contributed by atoms with E-state index in [1.54, 1.807) is 12.1 Å². The van der Waals surface area contributed by atoms with Crippen molar-refractivity contribution in [1.82, 2.24) is 4.57 Å². The molecule has 3 rings (SSSR count). The van der Waals surface area contributed by atoms with Gasteiger partial charge in [0, 0.05) is 19.6 Å². The summed E-state index contributed by atoms with van der Waals surface area (Å²) in [5, 5.41) is 0. The number of thiazole rings is 1. The molecule has 160 valence electrons. The van der Waals surface area contributed by atoms with Gasteiger partial charge in [0.05, 0.1) is 28.3 Å². The van der Waals surface area contributed by atoms with E-state index in [-0.39, 0.29) is 30.3 Å². The lowest BCUT2D eigenvalue weighted by molar-refractivity contribution is -0.118. The minimum absolute atomic E-state index is 0.00703. The van der Waals surface area contributed by atoms with Crippen LogP contribution in [0.3, 0.4) is 0 Å². The largest absolute Gasteiger partial charge is 0.380 e. The molecule has 1 heterocycles. The van der Waals surface area contributed by atoms with Crippen LogP contribution in [0.1, 0.15) is 25.3 Å². The molecule has 0 saturated heterocycles. The molecule has 0 saturated carbocycles. The van der Waals surface area contributed by atoms with Crippen molar-refractivity contribution in [3.05, 3.63) is 65.0 Å². The minimum Gasteiger partial charge on any atom is -0.380 e. The van der Waals surface area contributed by atoms with Crippen molar-refractivity contribution in [1.29, 1.82) is 0 Å². The number of benzene rings is 2. The number of sulfone groups is 1. The first-order valence-electron chi connectivity index (χ1n) is 9.96. The van der Waals surface area contributed by atoms with E-state index < -0.39 is 9.84 Å². The van der Waals surface area contributed by atoms with Crippen molar-refractivity contribution >= 4 is 37.3 Å². The van der Waals surface area contributed by atoms with Crippen LogP contribution >= 0.6 is 11.3 Å². The summed E-state index contributed by atoms with van der Waals surface area (Å²) in [5.41, 5.74) is 1.77. The predicted molar refractivity (Wildman–Crippen MR) is 120 cm³/mol. The fourth-order valence-electron chi connectivity index (χ4n) is 3.13. The average molecular weight is 447 g/mol. The molecule has 3 aromatic rings. The molecule has 30 heavy (non-hydrogen) atoms. The Labute approximate surface area is 180 Å². The van der Waals surface area contributed by atoms with Crippen LogP contribution in [0, 0.1) is 0 Å². The molecule has 2 aromatic carbocycles. The van der Waals surface area contributed by atoms with Gasteiger partial charge in [-0.15, -0.1) is 0 Å². The van der Waals surface area contributed by atoms with Crippen molar-refractivity contribution in [3.63, 3.8) is 0 Å². The third-order valence-electron chi connectivity index (χ3n) is 4.55. The number of rotatable bonds is 10. The molecule has 0 spiro atoms. The van der Waals surface area contributed by atoms with Gasteiger partial charge >= 0.3 is 0 Å². The van der Waals surface area contributed by atoms with Gasteiger partial charge in [-0.1, -0.05) is 53.8 Å². The van der Waals surface area contributed by atoms with Crippen LogP contribution in [0.2, 0.25) is 0 Å². The molecule has 0 aliphatic heterocycles. The Morgan fingerprint density at radius 1 is 1.10 bits per heavy atom. The molecule has 0 aliphatic carbocycles. The number of carbonyl (C=O) groups excluding carboxylic acids is 1. The number of hydrogen-bond acceptors (Lipinski definition) is 5. The zero-order valence-corrected chi connectivity index (χ0v) is 18.6. The van der Waals surface area contributed by atoms with Gasteiger partial charge in [-0.2, -0.15) is 4.99 Å². The minimum atomic E-state index is -3.26. The maximum absolute atomic E-state index is 12.4. The van der Waals surface area contributed by atoms with Crippen LogP contribution < -0.4 is 4.80 Å². The van der Waals surface area contributed by atoms with Gasteiger partial charge in [-0.25, -0.2) is 8.42 Å². The summed E-state index contributed by atoms with van der Waals surface area (Å²) >= 11 is 1.45. The average Bonchev–Trinajstić information content (AvgIpc) is 3.05. The third-order valence-corrected chi connectivity index (χ3v) is 7.29. The lowest BCUT2D eigenvalue weighted by Gasteiger charge is -2.05. The van der Waals surface area contributed by atoms with E-state index >= 15 is 0 Å². The normalized spacial score (nSPS) is 12.5. The number of carbonyl (C=O) groups is 1. The van der Waals surface area contributed by atoms with Crippen molar-refractivity contribution in [2.75, 3.05) is 19.0 Å². The van der Waals surface area contributed by atoms with E-state index in [1.165, 1.54) is 11.3 Å². The van der Waals surface area contributed by atoms with E-state index in [9.17, 15) is 13.2 Å². The Hall–Kier alpha value is -2.29. The van der Waals surface area contributed by atoms with Gasteiger partial charge in [-0.3, -0.25) is 4.79 Å². The highest BCUT2D eigenvalue weighted by molar-refractivity contribution is 7.90. The first kappa shape index (κ1) is 22.4. The van der Waals surface area contributed by atoms with Gasteiger partial charge in [-0.05, 0) is 31.0 Å². The zero-order valence-electron chi connectivity index (χ0n) is 17.0. The predicted octanol–water partition coefficient (Wildman–Crippen LogP) is 3.56. The highest BCUT2D eigenvalue weighted by Gasteiger charge is 2.13. The second kappa shape index (κ2) is 10.7. The van der Waals surface area contributed by atoms with Gasteiger partial charge in [0.2, 0.25) is 5.91 Å². The van der Waals surface area contributed by atoms with Crippen molar-refractivity contribution in [3.8, 4) is 0 Å². The number of fused-ring (bicyclic) bond motifs is 1. The Morgan fingerprint density at radius 3 is 2.60 bits per heavy atom. The fourth-order valence-corrected chi connectivity index (χ4v) is 5.63. The quantitative estimate of drug-likeness (QED) is 0.446. The highest BCUT2D eigenvalue weighted by atomic mass is 32.2. The second-order valence-corrected chi connectivity index (χ2v) is 10.1. The Kier molecular flexibility index (Phi) is 7.95. The summed E-state index contributed by atoms with van der Waals surface area (Å²) in [6.07, 6.45) is 0.370. The van der Waals surface area contributed by atoms with Crippen LogP contribution in [0.25, 0.3) is 10.2 Å². The van der Waals surface area contributed by atoms with Crippen LogP contribution in [0.4, 0.5) is 0 Å². The molecule has 0 fully saturated rings. The Morgan fingerprint density at radius 2 is 1.83 bits per heavy atom. The molecule has 0 atom stereocenters. The van der Waals surface area contributed by atoms with Crippen LogP contribution in [-0.2, 0) is 31.7 Å². The number of nitrogens with zero attached hydrogens (tertiary/aromatic N) is 2. The van der Waals surface area contributed by atoms with Crippen LogP contribution in [-0.4, -0.2) is 37.9 Å². The smallest absolute Gasteiger partial charge is 0.248 e. The maximum Gasteiger partial charge on any atom is 0.248 e.